The average Bonchev–Trinajstić information content (AvgIpc) is 3.19. The number of amides is 1. The molecule has 0 N–H and O–H groups in total. The molecule has 2 heterocycles. The number of pyridine rings is 1. The number of halogens is 1. The molecule has 7 rings (SSSR count). The van der Waals surface area contributed by atoms with Gasteiger partial charge in [-0.05, 0) is 81.4 Å². The third-order valence-electron chi connectivity index (χ3n) is 9.78. The van der Waals surface area contributed by atoms with Gasteiger partial charge in [-0.25, -0.2) is 4.98 Å². The Balaban J connectivity index is 0.929. The zero-order valence-electron chi connectivity index (χ0n) is 30.2. The molecule has 0 aliphatic carbocycles. The molecule has 0 radical (unpaired) electrons. The third-order valence-corrected chi connectivity index (χ3v) is 10.1. The highest BCUT2D eigenvalue weighted by Crippen LogP contribution is 2.31. The van der Waals surface area contributed by atoms with Gasteiger partial charge >= 0.3 is 0 Å². The normalized spacial score (nSPS) is 14.7. The van der Waals surface area contributed by atoms with Crippen LogP contribution in [0.5, 0.6) is 23.1 Å². The number of carbonyl (C=O) groups excluding carboxylic acids is 1. The lowest BCUT2D eigenvalue weighted by atomic mass is 9.98. The first-order valence-electron chi connectivity index (χ1n) is 18.2. The Morgan fingerprint density at radius 1 is 0.792 bits per heavy atom. The van der Waals surface area contributed by atoms with E-state index in [2.05, 4.69) is 96.5 Å². The molecule has 0 bridgehead atoms. The maximum atomic E-state index is 12.1. The molecule has 0 saturated carbocycles. The molecule has 5 aromatic carbocycles. The van der Waals surface area contributed by atoms with Crippen LogP contribution in [0.15, 0.2) is 128 Å². The maximum absolute atomic E-state index is 12.1. The van der Waals surface area contributed by atoms with Crippen molar-refractivity contribution in [3.8, 4) is 23.1 Å². The first-order valence-corrected chi connectivity index (χ1v) is 18.6. The van der Waals surface area contributed by atoms with Crippen molar-refractivity contribution in [2.24, 2.45) is 0 Å². The zero-order chi connectivity index (χ0) is 36.6. The van der Waals surface area contributed by atoms with Gasteiger partial charge in [0.15, 0.2) is 0 Å². The van der Waals surface area contributed by atoms with E-state index in [1.165, 1.54) is 16.7 Å². The lowest BCUT2D eigenvalue weighted by molar-refractivity contribution is -0.122. The number of carbonyl (C=O) groups is 1. The molecule has 1 atom stereocenters. The van der Waals surface area contributed by atoms with Crippen molar-refractivity contribution in [1.82, 2.24) is 14.8 Å². The predicted molar refractivity (Wildman–Crippen MR) is 211 cm³/mol. The van der Waals surface area contributed by atoms with Crippen LogP contribution >= 0.6 is 11.6 Å². The Labute approximate surface area is 316 Å². The summed E-state index contributed by atoms with van der Waals surface area (Å²) in [7, 11) is 0. The van der Waals surface area contributed by atoms with Crippen molar-refractivity contribution in [2.75, 3.05) is 26.2 Å². The van der Waals surface area contributed by atoms with E-state index in [1.54, 1.807) is 12.3 Å². The summed E-state index contributed by atoms with van der Waals surface area (Å²) in [5, 5.41) is 2.80. The predicted octanol–water partition coefficient (Wildman–Crippen LogP) is 10.0. The molecule has 53 heavy (non-hydrogen) atoms. The molecule has 8 heteroatoms. The summed E-state index contributed by atoms with van der Waals surface area (Å²) >= 11 is 6.24. The minimum absolute atomic E-state index is 0.0320. The van der Waals surface area contributed by atoms with Gasteiger partial charge in [0, 0.05) is 49.3 Å². The van der Waals surface area contributed by atoms with Crippen LogP contribution in [0.3, 0.4) is 0 Å². The van der Waals surface area contributed by atoms with Crippen LogP contribution in [0.4, 0.5) is 0 Å². The Hall–Kier alpha value is -5.37. The van der Waals surface area contributed by atoms with Crippen LogP contribution in [-0.2, 0) is 24.4 Å². The van der Waals surface area contributed by atoms with E-state index in [1.807, 2.05) is 47.4 Å². The number of ether oxygens (including phenoxy) is 3. The summed E-state index contributed by atoms with van der Waals surface area (Å²) in [6.45, 7) is 8.51. The average molecular weight is 726 g/mol. The maximum Gasteiger partial charge on any atom is 0.219 e. The van der Waals surface area contributed by atoms with E-state index < -0.39 is 0 Å². The van der Waals surface area contributed by atoms with Gasteiger partial charge < -0.3 is 19.1 Å². The number of benzene rings is 5. The standard InChI is InChI=1S/C45H44ClN3O4/c1-32(2)35-13-16-40(17-14-35)51-24-21-33-7-9-34(10-8-33)28-48-22-23-49(31-50)44(29-48)38-12-11-37-26-41(18-15-36(37)25-38)53-45-20-19-42(27-47-45)52-30-39-5-3-4-6-43(39)46/h3-20,25-27,31-32,44H,21-24,28-30H2,1-2H3. The second-order valence-corrected chi connectivity index (χ2v) is 14.2. The van der Waals surface area contributed by atoms with Gasteiger partial charge in [0.25, 0.3) is 0 Å². The van der Waals surface area contributed by atoms with E-state index in [4.69, 9.17) is 25.8 Å². The van der Waals surface area contributed by atoms with Crippen LogP contribution in [0.1, 0.15) is 53.6 Å². The highest BCUT2D eigenvalue weighted by Gasteiger charge is 2.27. The minimum atomic E-state index is -0.0320. The lowest BCUT2D eigenvalue weighted by Crippen LogP contribution is -2.47. The fourth-order valence-electron chi connectivity index (χ4n) is 6.65. The minimum Gasteiger partial charge on any atom is -0.493 e. The van der Waals surface area contributed by atoms with Gasteiger partial charge in [-0.2, -0.15) is 0 Å². The lowest BCUT2D eigenvalue weighted by Gasteiger charge is -2.40. The van der Waals surface area contributed by atoms with Gasteiger partial charge in [0.05, 0.1) is 18.8 Å². The second-order valence-electron chi connectivity index (χ2n) is 13.8. The van der Waals surface area contributed by atoms with Gasteiger partial charge in [-0.3, -0.25) is 9.69 Å². The number of rotatable bonds is 14. The van der Waals surface area contributed by atoms with E-state index in [9.17, 15) is 4.79 Å². The molecule has 1 aromatic heterocycles. The van der Waals surface area contributed by atoms with Crippen molar-refractivity contribution >= 4 is 28.8 Å². The van der Waals surface area contributed by atoms with Crippen LogP contribution in [-0.4, -0.2) is 47.4 Å². The van der Waals surface area contributed by atoms with E-state index >= 15 is 0 Å². The molecule has 1 saturated heterocycles. The molecule has 270 valence electrons. The molecule has 1 amide bonds. The van der Waals surface area contributed by atoms with Gasteiger partial charge in [-0.1, -0.05) is 98.2 Å². The zero-order valence-corrected chi connectivity index (χ0v) is 30.9. The Morgan fingerprint density at radius 3 is 2.28 bits per heavy atom. The Bertz CT molecular complexity index is 2120. The number of hydrogen-bond donors (Lipinski definition) is 0. The SMILES string of the molecule is CC(C)c1ccc(OCCc2ccc(CN3CCN(C=O)C(c4ccc5cc(Oc6ccc(OCc7ccccc7Cl)cn6)ccc5c4)C3)cc2)cc1. The molecule has 0 spiro atoms. The molecular weight excluding hydrogens is 682 g/mol. The molecule has 7 nitrogen and oxygen atoms in total. The van der Waals surface area contributed by atoms with Crippen molar-refractivity contribution < 1.29 is 19.0 Å². The first-order chi connectivity index (χ1) is 25.9. The topological polar surface area (TPSA) is 64.1 Å². The monoisotopic (exact) mass is 725 g/mol. The fraction of sp³-hybridized carbons (Fsp3) is 0.244. The van der Waals surface area contributed by atoms with Crippen molar-refractivity contribution in [3.63, 3.8) is 0 Å². The quantitative estimate of drug-likeness (QED) is 0.104. The summed E-state index contributed by atoms with van der Waals surface area (Å²) in [6.07, 6.45) is 3.48. The number of aromatic nitrogens is 1. The van der Waals surface area contributed by atoms with Gasteiger partial charge in [-0.15, -0.1) is 0 Å². The molecule has 1 aliphatic rings. The summed E-state index contributed by atoms with van der Waals surface area (Å²) in [5.41, 5.74) is 5.87. The smallest absolute Gasteiger partial charge is 0.219 e. The summed E-state index contributed by atoms with van der Waals surface area (Å²) < 4.78 is 17.9. The van der Waals surface area contributed by atoms with Crippen molar-refractivity contribution in [1.29, 1.82) is 0 Å². The second kappa shape index (κ2) is 17.0. The van der Waals surface area contributed by atoms with E-state index in [0.29, 0.717) is 48.1 Å². The van der Waals surface area contributed by atoms with E-state index in [0.717, 1.165) is 60.1 Å². The molecule has 1 aliphatic heterocycles. The van der Waals surface area contributed by atoms with Crippen LogP contribution in [0.25, 0.3) is 10.8 Å². The van der Waals surface area contributed by atoms with Gasteiger partial charge in [0.1, 0.15) is 23.9 Å². The van der Waals surface area contributed by atoms with Crippen LogP contribution in [0.2, 0.25) is 5.02 Å². The summed E-state index contributed by atoms with van der Waals surface area (Å²) in [6, 6.07) is 40.8. The highest BCUT2D eigenvalue weighted by molar-refractivity contribution is 6.31. The fourth-order valence-corrected chi connectivity index (χ4v) is 6.84. The van der Waals surface area contributed by atoms with Crippen LogP contribution < -0.4 is 14.2 Å². The summed E-state index contributed by atoms with van der Waals surface area (Å²) in [5.74, 6) is 3.22. The van der Waals surface area contributed by atoms with Crippen molar-refractivity contribution in [3.05, 3.63) is 160 Å². The number of nitrogens with zero attached hydrogens (tertiary/aromatic N) is 3. The first kappa shape index (κ1) is 36.0. The molecule has 1 unspecified atom stereocenters. The number of fused-ring (bicyclic) bond motifs is 1. The van der Waals surface area contributed by atoms with E-state index in [-0.39, 0.29) is 6.04 Å². The Kier molecular flexibility index (Phi) is 11.5. The molecule has 6 aromatic rings. The van der Waals surface area contributed by atoms with Gasteiger partial charge in [0.2, 0.25) is 12.3 Å². The molecular formula is C45H44ClN3O4. The Morgan fingerprint density at radius 2 is 1.53 bits per heavy atom. The number of piperazine rings is 1. The van der Waals surface area contributed by atoms with Crippen molar-refractivity contribution in [2.45, 2.75) is 45.4 Å². The highest BCUT2D eigenvalue weighted by atomic mass is 35.5. The summed E-state index contributed by atoms with van der Waals surface area (Å²) in [4.78, 5) is 20.9. The largest absolute Gasteiger partial charge is 0.493 e. The number of hydrogen-bond acceptors (Lipinski definition) is 6. The third kappa shape index (κ3) is 9.36. The van der Waals surface area contributed by atoms with Crippen LogP contribution in [0, 0.1) is 0 Å². The molecule has 1 fully saturated rings.